The maximum Gasteiger partial charge on any atom is -0.00212 e. The van der Waals surface area contributed by atoms with E-state index < -0.39 is 0 Å². The zero-order valence-electron chi connectivity index (χ0n) is 4.35. The molecular weight excluding hydrogens is 84.1 g/mol. The van der Waals surface area contributed by atoms with Crippen LogP contribution in [0.2, 0.25) is 0 Å². The fraction of sp³-hybridized carbons (Fsp3) is 0.571. The molecule has 0 aromatic carbocycles. The second-order valence-electron chi connectivity index (χ2n) is 2.52. The van der Waals surface area contributed by atoms with Crippen molar-refractivity contribution in [1.29, 1.82) is 0 Å². The number of fused-ring (bicyclic) bond motifs is 2. The van der Waals surface area contributed by atoms with Gasteiger partial charge in [0.1, 0.15) is 0 Å². The molecule has 0 N–H and O–H groups in total. The number of hydrogen-bond acceptors (Lipinski definition) is 0. The molecule has 2 bridgehead atoms. The van der Waals surface area contributed by atoms with Gasteiger partial charge in [-0.05, 0) is 31.1 Å². The summed E-state index contributed by atoms with van der Waals surface area (Å²) in [6, 6.07) is 0. The van der Waals surface area contributed by atoms with Crippen LogP contribution >= 0.6 is 0 Å². The van der Waals surface area contributed by atoms with E-state index in [2.05, 4.69) is 12.2 Å². The lowest BCUT2D eigenvalue weighted by atomic mass is 10.1. The molecule has 0 heterocycles. The Labute approximate surface area is 44.2 Å². The van der Waals surface area contributed by atoms with Gasteiger partial charge in [-0.3, -0.25) is 0 Å². The number of hydrogen-bond donors (Lipinski definition) is 0. The first kappa shape index (κ1) is 3.71. The van der Waals surface area contributed by atoms with Crippen molar-refractivity contribution in [2.75, 3.05) is 0 Å². The number of allylic oxidation sites excluding steroid dienone is 2. The Hall–Kier alpha value is -0.260. The molecule has 0 nitrogen and oxygen atoms in total. The summed E-state index contributed by atoms with van der Waals surface area (Å²) in [4.78, 5) is 0. The molecule has 1 fully saturated rings. The lowest BCUT2D eigenvalue weighted by Crippen LogP contribution is -1.81. The molecular formula is C7H9. The highest BCUT2D eigenvalue weighted by atomic mass is 14.3. The third-order valence-corrected chi connectivity index (χ3v) is 1.96. The molecule has 2 aliphatic rings. The molecule has 1 atom stereocenters. The summed E-state index contributed by atoms with van der Waals surface area (Å²) in [6.07, 6.45) is 8.86. The van der Waals surface area contributed by atoms with E-state index in [1.165, 1.54) is 19.3 Å². The van der Waals surface area contributed by atoms with Crippen LogP contribution in [0.5, 0.6) is 0 Å². The third kappa shape index (κ3) is 0.425. The van der Waals surface area contributed by atoms with E-state index in [-0.39, 0.29) is 0 Å². The molecule has 1 unspecified atom stereocenters. The van der Waals surface area contributed by atoms with Gasteiger partial charge in [-0.25, -0.2) is 0 Å². The summed E-state index contributed by atoms with van der Waals surface area (Å²) >= 11 is 0. The second-order valence-corrected chi connectivity index (χ2v) is 2.52. The van der Waals surface area contributed by atoms with E-state index in [1.807, 2.05) is 0 Å². The molecule has 1 saturated carbocycles. The minimum atomic E-state index is 0.954. The molecule has 0 spiro atoms. The molecule has 2 aliphatic carbocycles. The van der Waals surface area contributed by atoms with Crippen LogP contribution in [0, 0.1) is 11.8 Å². The van der Waals surface area contributed by atoms with Crippen molar-refractivity contribution < 1.29 is 0 Å². The Morgan fingerprint density at radius 3 is 2.71 bits per heavy atom. The van der Waals surface area contributed by atoms with Gasteiger partial charge in [-0.1, -0.05) is 12.2 Å². The van der Waals surface area contributed by atoms with Gasteiger partial charge in [-0.15, -0.1) is 0 Å². The van der Waals surface area contributed by atoms with Crippen molar-refractivity contribution in [3.63, 3.8) is 0 Å². The van der Waals surface area contributed by atoms with Gasteiger partial charge < -0.3 is 0 Å². The molecule has 0 aromatic heterocycles. The zero-order chi connectivity index (χ0) is 4.69. The monoisotopic (exact) mass is 93.1 g/mol. The predicted molar refractivity (Wildman–Crippen MR) is 29.7 cm³/mol. The lowest BCUT2D eigenvalue weighted by molar-refractivity contribution is 0.700. The Kier molecular flexibility index (Phi) is 0.592. The van der Waals surface area contributed by atoms with Crippen LogP contribution in [-0.2, 0) is 0 Å². The first-order chi connectivity index (χ1) is 3.45. The van der Waals surface area contributed by atoms with Crippen LogP contribution in [0.4, 0.5) is 0 Å². The van der Waals surface area contributed by atoms with Crippen LogP contribution in [0.3, 0.4) is 0 Å². The Balaban J connectivity index is 2.27. The van der Waals surface area contributed by atoms with Gasteiger partial charge in [0.05, 0.1) is 0 Å². The largest absolute Gasteiger partial charge is 0.0848 e. The summed E-state index contributed by atoms with van der Waals surface area (Å²) in [5, 5.41) is 0. The highest BCUT2D eigenvalue weighted by Crippen LogP contribution is 2.39. The molecule has 0 amide bonds. The summed E-state index contributed by atoms with van der Waals surface area (Å²) in [7, 11) is 0. The van der Waals surface area contributed by atoms with E-state index in [9.17, 15) is 0 Å². The van der Waals surface area contributed by atoms with Crippen molar-refractivity contribution in [2.45, 2.75) is 19.3 Å². The molecule has 0 aliphatic heterocycles. The van der Waals surface area contributed by atoms with Gasteiger partial charge in [0.2, 0.25) is 0 Å². The summed E-state index contributed by atoms with van der Waals surface area (Å²) in [6.45, 7) is 0. The molecule has 0 heteroatoms. The third-order valence-electron chi connectivity index (χ3n) is 1.96. The topological polar surface area (TPSA) is 0 Å². The highest BCUT2D eigenvalue weighted by molar-refractivity contribution is 5.24. The molecule has 1 radical (unpaired) electrons. The first-order valence-corrected chi connectivity index (χ1v) is 2.98. The molecule has 2 rings (SSSR count). The van der Waals surface area contributed by atoms with Crippen LogP contribution in [0.1, 0.15) is 19.3 Å². The van der Waals surface area contributed by atoms with Crippen molar-refractivity contribution >= 4 is 0 Å². The van der Waals surface area contributed by atoms with Gasteiger partial charge in [-0.2, -0.15) is 0 Å². The average Bonchev–Trinajstić information content (AvgIpc) is 2.22. The Bertz CT molecular complexity index is 90.6. The van der Waals surface area contributed by atoms with Crippen molar-refractivity contribution in [3.05, 3.63) is 18.1 Å². The standard InChI is InChI=1S/C7H9/c1-2-7-4-3-6(1)5-7/h1-2,6H,3-5H2. The fourth-order valence-electron chi connectivity index (χ4n) is 1.50. The minimum absolute atomic E-state index is 0.954. The zero-order valence-corrected chi connectivity index (χ0v) is 4.35. The van der Waals surface area contributed by atoms with Gasteiger partial charge in [0.25, 0.3) is 0 Å². The van der Waals surface area contributed by atoms with Crippen LogP contribution in [0.15, 0.2) is 12.2 Å². The van der Waals surface area contributed by atoms with E-state index in [0.29, 0.717) is 0 Å². The van der Waals surface area contributed by atoms with Crippen molar-refractivity contribution in [2.24, 2.45) is 5.92 Å². The average molecular weight is 93.1 g/mol. The Morgan fingerprint density at radius 2 is 2.57 bits per heavy atom. The summed E-state index contributed by atoms with van der Waals surface area (Å²) in [5.41, 5.74) is 0. The fourth-order valence-corrected chi connectivity index (χ4v) is 1.50. The highest BCUT2D eigenvalue weighted by Gasteiger charge is 2.25. The van der Waals surface area contributed by atoms with Gasteiger partial charge in [0, 0.05) is 0 Å². The lowest BCUT2D eigenvalue weighted by Gasteiger charge is -1.96. The van der Waals surface area contributed by atoms with Crippen LogP contribution in [-0.4, -0.2) is 0 Å². The maximum atomic E-state index is 2.35. The predicted octanol–water partition coefficient (Wildman–Crippen LogP) is 1.93. The molecule has 0 saturated heterocycles. The summed E-state index contributed by atoms with van der Waals surface area (Å²) in [5.74, 6) is 2.64. The van der Waals surface area contributed by atoms with Crippen LogP contribution < -0.4 is 0 Å². The maximum absolute atomic E-state index is 2.35. The molecule has 7 heavy (non-hydrogen) atoms. The van der Waals surface area contributed by atoms with Gasteiger partial charge in [0.15, 0.2) is 0 Å². The Morgan fingerprint density at radius 1 is 1.57 bits per heavy atom. The quantitative estimate of drug-likeness (QED) is 0.429. The van der Waals surface area contributed by atoms with E-state index in [0.717, 1.165) is 5.92 Å². The minimum Gasteiger partial charge on any atom is -0.0848 e. The van der Waals surface area contributed by atoms with E-state index >= 15 is 0 Å². The van der Waals surface area contributed by atoms with Crippen LogP contribution in [0.25, 0.3) is 0 Å². The smallest absolute Gasteiger partial charge is 0.00212 e. The SMILES string of the molecule is C1=CC2CC[C]1C2. The second kappa shape index (κ2) is 1.12. The van der Waals surface area contributed by atoms with Crippen molar-refractivity contribution in [1.82, 2.24) is 0 Å². The van der Waals surface area contributed by atoms with Crippen molar-refractivity contribution in [3.8, 4) is 0 Å². The normalized spacial score (nSPS) is 38.0. The van der Waals surface area contributed by atoms with E-state index in [1.54, 1.807) is 5.92 Å². The summed E-state index contributed by atoms with van der Waals surface area (Å²) < 4.78 is 0. The molecule has 0 aromatic rings. The van der Waals surface area contributed by atoms with E-state index in [4.69, 9.17) is 0 Å². The van der Waals surface area contributed by atoms with Gasteiger partial charge >= 0.3 is 0 Å². The number of rotatable bonds is 0. The first-order valence-electron chi connectivity index (χ1n) is 2.98. The molecule has 37 valence electrons.